The highest BCUT2D eigenvalue weighted by molar-refractivity contribution is 5.79. The van der Waals surface area contributed by atoms with Crippen LogP contribution in [0.25, 0.3) is 0 Å². The molecule has 0 radical (unpaired) electrons. The van der Waals surface area contributed by atoms with Crippen molar-refractivity contribution in [2.75, 3.05) is 53.0 Å². The molecule has 1 atom stereocenters. The molecule has 7 nitrogen and oxygen atoms in total. The van der Waals surface area contributed by atoms with Gasteiger partial charge in [-0.05, 0) is 12.3 Å². The second kappa shape index (κ2) is 8.57. The Kier molecular flexibility index (Phi) is 6.19. The van der Waals surface area contributed by atoms with E-state index in [9.17, 15) is 8.78 Å². The Balaban J connectivity index is 1.46. The molecule has 9 heteroatoms. The number of halogens is 2. The van der Waals surface area contributed by atoms with Gasteiger partial charge < -0.3 is 15.0 Å². The minimum Gasteiger partial charge on any atom is -0.381 e. The molecule has 2 aliphatic heterocycles. The summed E-state index contributed by atoms with van der Waals surface area (Å²) in [5, 5.41) is 3.15. The van der Waals surface area contributed by atoms with Crippen LogP contribution in [0.3, 0.4) is 0 Å². The number of rotatable bonds is 5. The van der Waals surface area contributed by atoms with E-state index in [4.69, 9.17) is 4.74 Å². The monoisotopic (exact) mass is 356 g/mol. The largest absolute Gasteiger partial charge is 0.381 e. The quantitative estimate of drug-likeness (QED) is 0.630. The second-order valence-corrected chi connectivity index (χ2v) is 6.45. The summed E-state index contributed by atoms with van der Waals surface area (Å²) in [4.78, 5) is 12.9. The predicted molar refractivity (Wildman–Crippen MR) is 90.6 cm³/mol. The first-order chi connectivity index (χ1) is 12.2. The summed E-state index contributed by atoms with van der Waals surface area (Å²) in [6.07, 6.45) is 3.83. The van der Waals surface area contributed by atoms with E-state index < -0.39 is 6.55 Å². The molecule has 0 amide bonds. The Labute approximate surface area is 146 Å². The van der Waals surface area contributed by atoms with Crippen LogP contribution < -0.4 is 5.32 Å². The lowest BCUT2D eigenvalue weighted by molar-refractivity contribution is 0.0668. The SMILES string of the molecule is CN=C(NCc1nccn1C(F)F)N1CCN(CC2CCOC2)CC1. The van der Waals surface area contributed by atoms with Crippen LogP contribution in [0.2, 0.25) is 0 Å². The Morgan fingerprint density at radius 3 is 2.84 bits per heavy atom. The van der Waals surface area contributed by atoms with E-state index in [1.54, 1.807) is 7.05 Å². The van der Waals surface area contributed by atoms with Crippen molar-refractivity contribution in [1.29, 1.82) is 0 Å². The van der Waals surface area contributed by atoms with Gasteiger partial charge in [0.05, 0.1) is 13.2 Å². The van der Waals surface area contributed by atoms with E-state index in [1.165, 1.54) is 12.4 Å². The van der Waals surface area contributed by atoms with Gasteiger partial charge in [-0.1, -0.05) is 0 Å². The number of imidazole rings is 1. The van der Waals surface area contributed by atoms with Gasteiger partial charge in [0, 0.05) is 58.8 Å². The van der Waals surface area contributed by atoms with Gasteiger partial charge in [0.2, 0.25) is 0 Å². The molecular weight excluding hydrogens is 330 g/mol. The third-order valence-electron chi connectivity index (χ3n) is 4.79. The number of aliphatic imine (C=N–C) groups is 1. The number of nitrogens with one attached hydrogen (secondary N) is 1. The van der Waals surface area contributed by atoms with Crippen LogP contribution in [0, 0.1) is 5.92 Å². The van der Waals surface area contributed by atoms with Gasteiger partial charge >= 0.3 is 6.55 Å². The zero-order valence-electron chi connectivity index (χ0n) is 14.6. The molecular formula is C16H26F2N6O. The number of hydrogen-bond donors (Lipinski definition) is 1. The summed E-state index contributed by atoms with van der Waals surface area (Å²) >= 11 is 0. The topological polar surface area (TPSA) is 57.9 Å². The Bertz CT molecular complexity index is 565. The molecule has 3 heterocycles. The fourth-order valence-corrected chi connectivity index (χ4v) is 3.38. The van der Waals surface area contributed by atoms with Crippen LogP contribution >= 0.6 is 0 Å². The first kappa shape index (κ1) is 18.1. The highest BCUT2D eigenvalue weighted by atomic mass is 19.3. The summed E-state index contributed by atoms with van der Waals surface area (Å²) in [6, 6.07) is 0. The smallest absolute Gasteiger partial charge is 0.319 e. The van der Waals surface area contributed by atoms with Crippen molar-refractivity contribution >= 4 is 5.96 Å². The molecule has 1 aromatic rings. The van der Waals surface area contributed by atoms with Gasteiger partial charge in [-0.3, -0.25) is 14.5 Å². The highest BCUT2D eigenvalue weighted by Crippen LogP contribution is 2.15. The molecule has 2 saturated heterocycles. The van der Waals surface area contributed by atoms with E-state index in [1.807, 2.05) is 0 Å². The van der Waals surface area contributed by atoms with E-state index in [-0.39, 0.29) is 6.54 Å². The number of aromatic nitrogens is 2. The first-order valence-corrected chi connectivity index (χ1v) is 8.73. The normalized spacial score (nSPS) is 22.8. The van der Waals surface area contributed by atoms with Gasteiger partial charge in [-0.25, -0.2) is 4.98 Å². The van der Waals surface area contributed by atoms with Gasteiger partial charge in [-0.2, -0.15) is 8.78 Å². The van der Waals surface area contributed by atoms with E-state index in [0.29, 0.717) is 11.7 Å². The number of nitrogens with zero attached hydrogens (tertiary/aromatic N) is 5. The lowest BCUT2D eigenvalue weighted by atomic mass is 10.1. The Morgan fingerprint density at radius 1 is 1.40 bits per heavy atom. The van der Waals surface area contributed by atoms with E-state index in [2.05, 4.69) is 25.1 Å². The lowest BCUT2D eigenvalue weighted by Crippen LogP contribution is -2.53. The van der Waals surface area contributed by atoms with Crippen molar-refractivity contribution in [3.05, 3.63) is 18.2 Å². The summed E-state index contributed by atoms with van der Waals surface area (Å²) in [6.45, 7) is 4.19. The maximum absolute atomic E-state index is 12.9. The number of piperazine rings is 1. The molecule has 3 rings (SSSR count). The lowest BCUT2D eigenvalue weighted by Gasteiger charge is -2.37. The van der Waals surface area contributed by atoms with Crippen molar-refractivity contribution in [2.24, 2.45) is 10.9 Å². The average molecular weight is 356 g/mol. The fourth-order valence-electron chi connectivity index (χ4n) is 3.38. The average Bonchev–Trinajstić information content (AvgIpc) is 3.28. The minimum atomic E-state index is -2.58. The standard InChI is InChI=1S/C16H26F2N6O/c1-19-16(21-10-14-20-3-4-24(14)15(17)18)23-7-5-22(6-8-23)11-13-2-9-25-12-13/h3-4,13,15H,2,5-12H2,1H3,(H,19,21). The molecule has 0 aliphatic carbocycles. The van der Waals surface area contributed by atoms with Crippen LogP contribution in [0.15, 0.2) is 17.4 Å². The number of alkyl halides is 2. The molecule has 1 N–H and O–H groups in total. The van der Waals surface area contributed by atoms with Crippen LogP contribution in [-0.4, -0.2) is 78.3 Å². The molecule has 140 valence electrons. The molecule has 0 spiro atoms. The van der Waals surface area contributed by atoms with Gasteiger partial charge in [0.25, 0.3) is 0 Å². The van der Waals surface area contributed by atoms with Crippen LogP contribution in [-0.2, 0) is 11.3 Å². The van der Waals surface area contributed by atoms with Crippen LogP contribution in [0.4, 0.5) is 8.78 Å². The van der Waals surface area contributed by atoms with E-state index >= 15 is 0 Å². The molecule has 1 aromatic heterocycles. The number of ether oxygens (including phenoxy) is 1. The minimum absolute atomic E-state index is 0.226. The molecule has 1 unspecified atom stereocenters. The van der Waals surface area contributed by atoms with Crippen molar-refractivity contribution in [3.63, 3.8) is 0 Å². The summed E-state index contributed by atoms with van der Waals surface area (Å²) < 4.78 is 32.0. The number of guanidine groups is 1. The van der Waals surface area contributed by atoms with Gasteiger partial charge in [0.1, 0.15) is 5.82 Å². The van der Waals surface area contributed by atoms with Crippen LogP contribution in [0.5, 0.6) is 0 Å². The fraction of sp³-hybridized carbons (Fsp3) is 0.750. The third kappa shape index (κ3) is 4.66. The summed E-state index contributed by atoms with van der Waals surface area (Å²) in [5.41, 5.74) is 0. The maximum atomic E-state index is 12.9. The zero-order valence-corrected chi connectivity index (χ0v) is 14.6. The molecule has 2 fully saturated rings. The zero-order chi connectivity index (χ0) is 17.6. The van der Waals surface area contributed by atoms with Crippen molar-refractivity contribution in [3.8, 4) is 0 Å². The highest BCUT2D eigenvalue weighted by Gasteiger charge is 2.24. The maximum Gasteiger partial charge on any atom is 0.319 e. The molecule has 0 bridgehead atoms. The Morgan fingerprint density at radius 2 is 2.20 bits per heavy atom. The second-order valence-electron chi connectivity index (χ2n) is 6.45. The molecule has 0 aromatic carbocycles. The van der Waals surface area contributed by atoms with Crippen molar-refractivity contribution in [1.82, 2.24) is 24.7 Å². The molecule has 2 aliphatic rings. The molecule has 0 saturated carbocycles. The van der Waals surface area contributed by atoms with E-state index in [0.717, 1.165) is 62.9 Å². The van der Waals surface area contributed by atoms with Crippen LogP contribution in [0.1, 0.15) is 18.8 Å². The van der Waals surface area contributed by atoms with Crippen molar-refractivity contribution in [2.45, 2.75) is 19.5 Å². The predicted octanol–water partition coefficient (Wildman–Crippen LogP) is 1.01. The van der Waals surface area contributed by atoms with Gasteiger partial charge in [-0.15, -0.1) is 0 Å². The molecule has 25 heavy (non-hydrogen) atoms. The summed E-state index contributed by atoms with van der Waals surface area (Å²) in [7, 11) is 1.71. The van der Waals surface area contributed by atoms with Gasteiger partial charge in [0.15, 0.2) is 5.96 Å². The Hall–Kier alpha value is -1.74. The third-order valence-corrected chi connectivity index (χ3v) is 4.79. The summed E-state index contributed by atoms with van der Waals surface area (Å²) in [5.74, 6) is 1.68. The number of hydrogen-bond acceptors (Lipinski definition) is 4. The van der Waals surface area contributed by atoms with Crippen molar-refractivity contribution < 1.29 is 13.5 Å². The first-order valence-electron chi connectivity index (χ1n) is 8.73.